The number of nitrogens with zero attached hydrogens (tertiary/aromatic N) is 1. The molecule has 0 radical (unpaired) electrons. The summed E-state index contributed by atoms with van der Waals surface area (Å²) in [6, 6.07) is 11.3. The highest BCUT2D eigenvalue weighted by atomic mass is 32.2. The van der Waals surface area contributed by atoms with Gasteiger partial charge in [0.2, 0.25) is 11.8 Å². The molecule has 11 heteroatoms. The van der Waals surface area contributed by atoms with Crippen molar-refractivity contribution in [1.82, 2.24) is 10.3 Å². The maximum Gasteiger partial charge on any atom is 0.326 e. The number of pyridine rings is 1. The fourth-order valence-corrected chi connectivity index (χ4v) is 3.10. The number of aromatic nitrogens is 1. The van der Waals surface area contributed by atoms with Gasteiger partial charge in [0.25, 0.3) is 5.91 Å². The second-order valence-corrected chi connectivity index (χ2v) is 8.12. The third-order valence-corrected chi connectivity index (χ3v) is 5.29. The summed E-state index contributed by atoms with van der Waals surface area (Å²) in [4.78, 5) is 28.0. The Morgan fingerprint density at radius 1 is 1.25 bits per heavy atom. The maximum atomic E-state index is 12.3. The van der Waals surface area contributed by atoms with Gasteiger partial charge in [-0.3, -0.25) is 4.79 Å². The highest BCUT2D eigenvalue weighted by Gasteiger charge is 2.20. The fourth-order valence-electron chi connectivity index (χ4n) is 2.50. The first kappa shape index (κ1) is 25.6. The predicted octanol–water partition coefficient (Wildman–Crippen LogP) is 2.24. The zero-order valence-electron chi connectivity index (χ0n) is 17.7. The first-order valence-corrected chi connectivity index (χ1v) is 11.9. The van der Waals surface area contributed by atoms with Gasteiger partial charge in [-0.05, 0) is 36.6 Å². The molecule has 0 aliphatic rings. The lowest BCUT2D eigenvalue weighted by Gasteiger charge is -2.17. The summed E-state index contributed by atoms with van der Waals surface area (Å²) in [6.07, 6.45) is 2.18. The minimum Gasteiger partial charge on any atom is -0.480 e. The Balaban J connectivity index is 2.09. The Morgan fingerprint density at radius 3 is 2.66 bits per heavy atom. The van der Waals surface area contributed by atoms with Crippen LogP contribution >= 0.6 is 24.4 Å². The summed E-state index contributed by atoms with van der Waals surface area (Å²) in [5.41, 5.74) is 6.42. The third-order valence-electron chi connectivity index (χ3n) is 4.17. The van der Waals surface area contributed by atoms with Crippen molar-refractivity contribution in [3.8, 4) is 17.5 Å². The predicted molar refractivity (Wildman–Crippen MR) is 129 cm³/mol. The number of aliphatic carboxylic acids is 1. The van der Waals surface area contributed by atoms with E-state index in [0.29, 0.717) is 35.9 Å². The van der Waals surface area contributed by atoms with Crippen molar-refractivity contribution in [2.24, 2.45) is 5.73 Å². The number of carboxylic acids is 1. The molecule has 0 aliphatic heterocycles. The van der Waals surface area contributed by atoms with Gasteiger partial charge in [-0.25, -0.2) is 4.79 Å². The van der Waals surface area contributed by atoms with Gasteiger partial charge in [-0.2, -0.15) is 29.4 Å². The van der Waals surface area contributed by atoms with E-state index in [2.05, 4.69) is 28.2 Å². The van der Waals surface area contributed by atoms with Crippen LogP contribution in [0, 0.1) is 0 Å². The van der Waals surface area contributed by atoms with Crippen LogP contribution in [-0.4, -0.2) is 65.0 Å². The number of hydrogen-bond donors (Lipinski definition) is 5. The third kappa shape index (κ3) is 8.85. The number of nitrogens with two attached hydrogens (primary N) is 1. The van der Waals surface area contributed by atoms with E-state index in [1.54, 1.807) is 24.3 Å². The van der Waals surface area contributed by atoms with Crippen LogP contribution in [0.25, 0.3) is 0 Å². The highest BCUT2D eigenvalue weighted by molar-refractivity contribution is 7.98. The number of carbonyl (C=O) groups is 2. The van der Waals surface area contributed by atoms with Crippen molar-refractivity contribution < 1.29 is 24.2 Å². The number of ether oxygens (including phenoxy) is 2. The molecule has 1 aromatic heterocycles. The summed E-state index contributed by atoms with van der Waals surface area (Å²) < 4.78 is 11.3. The van der Waals surface area contributed by atoms with E-state index >= 15 is 0 Å². The lowest BCUT2D eigenvalue weighted by atomic mass is 10.2. The molecule has 2 rings (SSSR count). The number of carboxylic acid groups (broad SMARTS) is 1. The number of benzene rings is 1. The van der Waals surface area contributed by atoms with Crippen LogP contribution in [0.15, 0.2) is 42.5 Å². The second-order valence-electron chi connectivity index (χ2n) is 6.77. The van der Waals surface area contributed by atoms with Crippen LogP contribution in [-0.2, 0) is 9.59 Å². The van der Waals surface area contributed by atoms with E-state index in [-0.39, 0.29) is 17.8 Å². The molecule has 5 N–H and O–H groups in total. The summed E-state index contributed by atoms with van der Waals surface area (Å²) in [6.45, 7) is 0.0144. The number of hydrogen-bond acceptors (Lipinski definition) is 9. The van der Waals surface area contributed by atoms with Gasteiger partial charge >= 0.3 is 5.97 Å². The summed E-state index contributed by atoms with van der Waals surface area (Å²) >= 11 is 5.67. The SMILES string of the molecule is CSCC[C@H](NC(=O)COc1nc(Oc2ccccc2)ccc1NCC(N)CS)C(=O)O. The number of thiol groups is 1. The highest BCUT2D eigenvalue weighted by Crippen LogP contribution is 2.28. The van der Waals surface area contributed by atoms with Crippen molar-refractivity contribution in [3.63, 3.8) is 0 Å². The van der Waals surface area contributed by atoms with Gasteiger partial charge in [0.1, 0.15) is 11.8 Å². The van der Waals surface area contributed by atoms with Crippen LogP contribution in [0.2, 0.25) is 0 Å². The number of carbonyl (C=O) groups excluding carboxylic acids is 1. The maximum absolute atomic E-state index is 12.3. The molecule has 1 amide bonds. The Hall–Kier alpha value is -2.63. The standard InChI is InChI=1S/C21H28N4O5S2/c1-32-10-9-17(21(27)28)24-18(26)12-29-20-16(23-11-14(22)13-31)7-8-19(25-20)30-15-5-3-2-4-6-15/h2-8,14,17,23,31H,9-13,22H2,1H3,(H,24,26)(H,27,28)/t14?,17-/m0/s1. The second kappa shape index (κ2) is 13.7. The minimum absolute atomic E-state index is 0.135. The average Bonchev–Trinajstić information content (AvgIpc) is 2.79. The number of anilines is 1. The Labute approximate surface area is 196 Å². The minimum atomic E-state index is -1.09. The van der Waals surface area contributed by atoms with Gasteiger partial charge in [0.15, 0.2) is 6.61 Å². The van der Waals surface area contributed by atoms with Crippen LogP contribution in [0.3, 0.4) is 0 Å². The first-order valence-electron chi connectivity index (χ1n) is 9.91. The lowest BCUT2D eigenvalue weighted by molar-refractivity contribution is -0.142. The smallest absolute Gasteiger partial charge is 0.326 e. The fraction of sp³-hybridized carbons (Fsp3) is 0.381. The van der Waals surface area contributed by atoms with E-state index in [9.17, 15) is 14.7 Å². The Morgan fingerprint density at radius 2 is 2.00 bits per heavy atom. The molecule has 174 valence electrons. The quantitative estimate of drug-likeness (QED) is 0.258. The Bertz CT molecular complexity index is 873. The number of para-hydroxylation sites is 1. The van der Waals surface area contributed by atoms with Crippen molar-refractivity contribution in [1.29, 1.82) is 0 Å². The van der Waals surface area contributed by atoms with E-state index < -0.39 is 24.5 Å². The molecule has 1 unspecified atom stereocenters. The van der Waals surface area contributed by atoms with Crippen LogP contribution in [0.4, 0.5) is 5.69 Å². The topological polar surface area (TPSA) is 136 Å². The van der Waals surface area contributed by atoms with Crippen molar-refractivity contribution in [2.45, 2.75) is 18.5 Å². The summed E-state index contributed by atoms with van der Waals surface area (Å²) in [5.74, 6) is 0.452. The first-order chi connectivity index (χ1) is 15.4. The largest absolute Gasteiger partial charge is 0.480 e. The van der Waals surface area contributed by atoms with Crippen LogP contribution < -0.4 is 25.8 Å². The Kier molecular flexibility index (Phi) is 11.0. The zero-order valence-corrected chi connectivity index (χ0v) is 19.4. The van der Waals surface area contributed by atoms with Crippen molar-refractivity contribution in [2.75, 3.05) is 36.2 Å². The molecular weight excluding hydrogens is 452 g/mol. The van der Waals surface area contributed by atoms with Gasteiger partial charge in [-0.15, -0.1) is 0 Å². The molecule has 1 aromatic carbocycles. The lowest BCUT2D eigenvalue weighted by Crippen LogP contribution is -2.43. The summed E-state index contributed by atoms with van der Waals surface area (Å²) in [7, 11) is 0. The number of rotatable bonds is 14. The number of amides is 1. The van der Waals surface area contributed by atoms with E-state index in [4.69, 9.17) is 15.2 Å². The molecule has 0 fully saturated rings. The molecule has 0 spiro atoms. The molecule has 2 atom stereocenters. The molecule has 2 aromatic rings. The number of thioether (sulfide) groups is 1. The monoisotopic (exact) mass is 480 g/mol. The van der Waals surface area contributed by atoms with Crippen LogP contribution in [0.1, 0.15) is 6.42 Å². The molecule has 1 heterocycles. The number of nitrogens with one attached hydrogen (secondary N) is 2. The normalized spacial score (nSPS) is 12.5. The molecule has 32 heavy (non-hydrogen) atoms. The molecule has 0 saturated heterocycles. The van der Waals surface area contributed by atoms with Crippen LogP contribution in [0.5, 0.6) is 17.5 Å². The molecule has 0 bridgehead atoms. The molecule has 0 aliphatic carbocycles. The van der Waals surface area contributed by atoms with E-state index in [0.717, 1.165) is 0 Å². The van der Waals surface area contributed by atoms with Gasteiger partial charge < -0.3 is 30.9 Å². The van der Waals surface area contributed by atoms with Gasteiger partial charge in [-0.1, -0.05) is 18.2 Å². The zero-order chi connectivity index (χ0) is 23.3. The molecule has 0 saturated carbocycles. The van der Waals surface area contributed by atoms with Crippen molar-refractivity contribution >= 4 is 42.0 Å². The van der Waals surface area contributed by atoms with E-state index in [1.807, 2.05) is 24.5 Å². The van der Waals surface area contributed by atoms with Crippen molar-refractivity contribution in [3.05, 3.63) is 42.5 Å². The average molecular weight is 481 g/mol. The van der Waals surface area contributed by atoms with Gasteiger partial charge in [0.05, 0.1) is 5.69 Å². The molecule has 9 nitrogen and oxygen atoms in total. The molecular formula is C21H28N4O5S2. The van der Waals surface area contributed by atoms with Gasteiger partial charge in [0, 0.05) is 24.4 Å². The van der Waals surface area contributed by atoms with E-state index in [1.165, 1.54) is 11.8 Å². The summed E-state index contributed by atoms with van der Waals surface area (Å²) in [5, 5.41) is 14.9.